The molecule has 33 heavy (non-hydrogen) atoms. The third-order valence-corrected chi connectivity index (χ3v) is 5.40. The van der Waals surface area contributed by atoms with Crippen molar-refractivity contribution in [2.45, 2.75) is 13.3 Å². The van der Waals surface area contributed by atoms with Gasteiger partial charge < -0.3 is 15.6 Å². The first-order valence-electron chi connectivity index (χ1n) is 10.7. The molecule has 0 saturated carbocycles. The zero-order valence-electron chi connectivity index (χ0n) is 18.2. The third-order valence-electron chi connectivity index (χ3n) is 5.40. The molecule has 5 nitrogen and oxygen atoms in total. The van der Waals surface area contributed by atoms with Gasteiger partial charge >= 0.3 is 0 Å². The summed E-state index contributed by atoms with van der Waals surface area (Å²) in [6.07, 6.45) is 2.17. The average molecular weight is 442 g/mol. The molecule has 0 bridgehead atoms. The molecule has 4 aromatic rings. The summed E-state index contributed by atoms with van der Waals surface area (Å²) in [5, 5.41) is 6.71. The van der Waals surface area contributed by atoms with E-state index in [0.717, 1.165) is 22.2 Å². The van der Waals surface area contributed by atoms with Gasteiger partial charge in [-0.25, -0.2) is 4.39 Å². The Labute approximate surface area is 191 Å². The van der Waals surface area contributed by atoms with Gasteiger partial charge in [-0.2, -0.15) is 0 Å². The number of H-pyrrole nitrogens is 1. The quantitative estimate of drug-likeness (QED) is 0.362. The summed E-state index contributed by atoms with van der Waals surface area (Å²) < 4.78 is 13.3. The van der Waals surface area contributed by atoms with Crippen LogP contribution in [0.3, 0.4) is 0 Å². The van der Waals surface area contributed by atoms with Gasteiger partial charge in [-0.15, -0.1) is 0 Å². The van der Waals surface area contributed by atoms with Crippen LogP contribution in [0.1, 0.15) is 27.2 Å². The summed E-state index contributed by atoms with van der Waals surface area (Å²) in [5.41, 5.74) is 4.38. The SMILES string of the molecule is Cc1[nH]c2ccccc2c1CCNC(=O)C(=Cc1ccc(F)cc1)NC(=O)c1ccccc1. The van der Waals surface area contributed by atoms with E-state index in [2.05, 4.69) is 21.7 Å². The fraction of sp³-hybridized carbons (Fsp3) is 0.111. The number of aryl methyl sites for hydroxylation is 1. The Kier molecular flexibility index (Phi) is 6.64. The number of hydrogen-bond donors (Lipinski definition) is 3. The predicted molar refractivity (Wildman–Crippen MR) is 128 cm³/mol. The van der Waals surface area contributed by atoms with E-state index >= 15 is 0 Å². The van der Waals surface area contributed by atoms with E-state index in [-0.39, 0.29) is 11.5 Å². The monoisotopic (exact) mass is 441 g/mol. The molecule has 0 unspecified atom stereocenters. The first-order valence-corrected chi connectivity index (χ1v) is 10.7. The van der Waals surface area contributed by atoms with Crippen molar-refractivity contribution < 1.29 is 14.0 Å². The van der Waals surface area contributed by atoms with Gasteiger partial charge in [-0.05, 0) is 60.9 Å². The number of aromatic nitrogens is 1. The van der Waals surface area contributed by atoms with E-state index in [9.17, 15) is 14.0 Å². The minimum absolute atomic E-state index is 0.0890. The van der Waals surface area contributed by atoms with E-state index in [0.29, 0.717) is 24.1 Å². The van der Waals surface area contributed by atoms with Crippen molar-refractivity contribution in [2.24, 2.45) is 0 Å². The highest BCUT2D eigenvalue weighted by Crippen LogP contribution is 2.22. The summed E-state index contributed by atoms with van der Waals surface area (Å²) in [7, 11) is 0. The minimum Gasteiger partial charge on any atom is -0.358 e. The molecule has 3 aromatic carbocycles. The lowest BCUT2D eigenvalue weighted by molar-refractivity contribution is -0.117. The maximum atomic E-state index is 13.3. The van der Waals surface area contributed by atoms with E-state index in [1.807, 2.05) is 31.2 Å². The maximum absolute atomic E-state index is 13.3. The molecular weight excluding hydrogens is 417 g/mol. The highest BCUT2D eigenvalue weighted by atomic mass is 19.1. The van der Waals surface area contributed by atoms with Crippen LogP contribution in [-0.2, 0) is 11.2 Å². The van der Waals surface area contributed by atoms with Gasteiger partial charge in [0.05, 0.1) is 0 Å². The van der Waals surface area contributed by atoms with Gasteiger partial charge in [-0.1, -0.05) is 48.5 Å². The molecule has 1 aromatic heterocycles. The first-order chi connectivity index (χ1) is 16.0. The van der Waals surface area contributed by atoms with Crippen molar-refractivity contribution in [3.63, 3.8) is 0 Å². The standard InChI is InChI=1S/C27H24FN3O2/c1-18-22(23-9-5-6-10-24(23)30-18)15-16-29-27(33)25(17-19-11-13-21(28)14-12-19)31-26(32)20-7-3-2-4-8-20/h2-14,17,30H,15-16H2,1H3,(H,29,33)(H,31,32). The molecule has 6 heteroatoms. The fourth-order valence-corrected chi connectivity index (χ4v) is 3.72. The first kappa shape index (κ1) is 22.0. The van der Waals surface area contributed by atoms with Crippen molar-refractivity contribution in [3.8, 4) is 0 Å². The Morgan fingerprint density at radius 2 is 1.64 bits per heavy atom. The number of amides is 2. The molecule has 1 heterocycles. The molecule has 0 spiro atoms. The maximum Gasteiger partial charge on any atom is 0.267 e. The van der Waals surface area contributed by atoms with Crippen LogP contribution in [-0.4, -0.2) is 23.3 Å². The van der Waals surface area contributed by atoms with Crippen LogP contribution in [0.15, 0.2) is 84.6 Å². The van der Waals surface area contributed by atoms with E-state index in [4.69, 9.17) is 0 Å². The van der Waals surface area contributed by atoms with Crippen LogP contribution < -0.4 is 10.6 Å². The summed E-state index contributed by atoms with van der Waals surface area (Å²) in [6.45, 7) is 2.40. The van der Waals surface area contributed by atoms with Gasteiger partial charge in [0.1, 0.15) is 11.5 Å². The van der Waals surface area contributed by atoms with Crippen molar-refractivity contribution in [1.29, 1.82) is 0 Å². The summed E-state index contributed by atoms with van der Waals surface area (Å²) in [5.74, 6) is -1.19. The molecule has 0 radical (unpaired) electrons. The molecule has 0 aliphatic rings. The van der Waals surface area contributed by atoms with Crippen LogP contribution in [0.5, 0.6) is 0 Å². The topological polar surface area (TPSA) is 74.0 Å². The molecule has 0 fully saturated rings. The molecule has 0 atom stereocenters. The largest absolute Gasteiger partial charge is 0.358 e. The van der Waals surface area contributed by atoms with Crippen LogP contribution in [0, 0.1) is 12.7 Å². The zero-order chi connectivity index (χ0) is 23.2. The highest BCUT2D eigenvalue weighted by Gasteiger charge is 2.15. The Bertz CT molecular complexity index is 1310. The van der Waals surface area contributed by atoms with Crippen LogP contribution in [0.25, 0.3) is 17.0 Å². The van der Waals surface area contributed by atoms with Gasteiger partial charge in [0.2, 0.25) is 0 Å². The summed E-state index contributed by atoms with van der Waals surface area (Å²) in [6, 6.07) is 22.4. The van der Waals surface area contributed by atoms with E-state index < -0.39 is 11.8 Å². The Morgan fingerprint density at radius 3 is 2.39 bits per heavy atom. The molecule has 4 rings (SSSR count). The average Bonchev–Trinajstić information content (AvgIpc) is 3.15. The normalized spacial score (nSPS) is 11.4. The number of nitrogens with one attached hydrogen (secondary N) is 3. The van der Waals surface area contributed by atoms with Gasteiger partial charge in [0.25, 0.3) is 11.8 Å². The second-order valence-corrected chi connectivity index (χ2v) is 7.71. The van der Waals surface area contributed by atoms with E-state index in [1.54, 1.807) is 36.4 Å². The number of para-hydroxylation sites is 1. The van der Waals surface area contributed by atoms with Crippen LogP contribution >= 0.6 is 0 Å². The molecule has 166 valence electrons. The zero-order valence-corrected chi connectivity index (χ0v) is 18.2. The lowest BCUT2D eigenvalue weighted by Crippen LogP contribution is -2.35. The van der Waals surface area contributed by atoms with Gasteiger partial charge in [0.15, 0.2) is 0 Å². The number of carbonyl (C=O) groups excluding carboxylic acids is 2. The minimum atomic E-state index is -0.416. The Balaban J connectivity index is 1.50. The number of hydrogen-bond acceptors (Lipinski definition) is 2. The van der Waals surface area contributed by atoms with Gasteiger partial charge in [0, 0.05) is 28.7 Å². The highest BCUT2D eigenvalue weighted by molar-refractivity contribution is 6.05. The molecule has 0 aliphatic carbocycles. The second-order valence-electron chi connectivity index (χ2n) is 7.71. The number of benzene rings is 3. The van der Waals surface area contributed by atoms with Crippen LogP contribution in [0.4, 0.5) is 4.39 Å². The lowest BCUT2D eigenvalue weighted by atomic mass is 10.1. The van der Waals surface area contributed by atoms with Crippen molar-refractivity contribution >= 4 is 28.8 Å². The third kappa shape index (κ3) is 5.36. The summed E-state index contributed by atoms with van der Waals surface area (Å²) in [4.78, 5) is 29.0. The number of rotatable bonds is 7. The molecule has 0 aliphatic heterocycles. The molecular formula is C27H24FN3O2. The van der Waals surface area contributed by atoms with Crippen molar-refractivity contribution in [1.82, 2.24) is 15.6 Å². The van der Waals surface area contributed by atoms with Crippen molar-refractivity contribution in [2.75, 3.05) is 6.54 Å². The number of halogens is 1. The molecule has 0 saturated heterocycles. The lowest BCUT2D eigenvalue weighted by Gasteiger charge is -2.12. The fourth-order valence-electron chi connectivity index (χ4n) is 3.72. The smallest absolute Gasteiger partial charge is 0.267 e. The van der Waals surface area contributed by atoms with Crippen molar-refractivity contribution in [3.05, 3.63) is 113 Å². The second kappa shape index (κ2) is 9.96. The Hall–Kier alpha value is -4.19. The number of aromatic amines is 1. The molecule has 2 amide bonds. The van der Waals surface area contributed by atoms with Gasteiger partial charge in [-0.3, -0.25) is 9.59 Å². The number of fused-ring (bicyclic) bond motifs is 1. The Morgan fingerprint density at radius 1 is 0.939 bits per heavy atom. The van der Waals surface area contributed by atoms with E-state index in [1.165, 1.54) is 18.2 Å². The molecule has 3 N–H and O–H groups in total. The summed E-state index contributed by atoms with van der Waals surface area (Å²) >= 11 is 0. The number of carbonyl (C=O) groups is 2. The predicted octanol–water partition coefficient (Wildman–Crippen LogP) is 4.75. The van der Waals surface area contributed by atoms with Crippen LogP contribution in [0.2, 0.25) is 0 Å².